The first kappa shape index (κ1) is 17.6. The van der Waals surface area contributed by atoms with E-state index >= 15 is 0 Å². The Balaban J connectivity index is 3.82. The maximum Gasteiger partial charge on any atom is 0.330 e. The molecule has 0 aromatic carbocycles. The van der Waals surface area contributed by atoms with E-state index in [1.807, 2.05) is 13.8 Å². The summed E-state index contributed by atoms with van der Waals surface area (Å²) in [6.07, 6.45) is -3.96. The molecule has 0 bridgehead atoms. The zero-order chi connectivity index (χ0) is 14.4. The van der Waals surface area contributed by atoms with Crippen LogP contribution >= 0.6 is 0 Å². The van der Waals surface area contributed by atoms with Crippen molar-refractivity contribution in [3.8, 4) is 0 Å². The Morgan fingerprint density at radius 3 is 2.22 bits per heavy atom. The molecule has 1 unspecified atom stereocenters. The van der Waals surface area contributed by atoms with Gasteiger partial charge >= 0.3 is 12.3 Å². The van der Waals surface area contributed by atoms with Crippen LogP contribution in [-0.4, -0.2) is 49.5 Å². The van der Waals surface area contributed by atoms with Gasteiger partial charge in [-0.1, -0.05) is 0 Å². The average Bonchev–Trinajstić information content (AvgIpc) is 2.26. The van der Waals surface area contributed by atoms with E-state index in [1.165, 1.54) is 7.11 Å². The summed E-state index contributed by atoms with van der Waals surface area (Å²) < 4.78 is 58.0. The van der Waals surface area contributed by atoms with Crippen molar-refractivity contribution < 1.29 is 32.1 Å². The number of aliphatic hydroxyl groups excluding tert-OH is 1. The van der Waals surface area contributed by atoms with Crippen molar-refractivity contribution in [3.05, 3.63) is 0 Å². The summed E-state index contributed by atoms with van der Waals surface area (Å²) in [6.45, 7) is 1.83. The van der Waals surface area contributed by atoms with Gasteiger partial charge in [0.15, 0.2) is 0 Å². The molecule has 110 valence electrons. The SMILES string of the molecule is COC(C)(C)CCC(O)COCC(F)(F)C(F)F. The van der Waals surface area contributed by atoms with E-state index in [4.69, 9.17) is 4.74 Å². The molecule has 0 saturated carbocycles. The molecule has 0 heterocycles. The lowest BCUT2D eigenvalue weighted by Gasteiger charge is -2.24. The summed E-state index contributed by atoms with van der Waals surface area (Å²) in [5.74, 6) is -4.18. The van der Waals surface area contributed by atoms with Gasteiger partial charge < -0.3 is 14.6 Å². The molecule has 7 heteroatoms. The van der Waals surface area contributed by atoms with Crippen LogP contribution < -0.4 is 0 Å². The molecule has 0 radical (unpaired) electrons. The van der Waals surface area contributed by atoms with E-state index < -0.39 is 37.3 Å². The first-order valence-electron chi connectivity index (χ1n) is 5.57. The number of alkyl halides is 4. The summed E-state index contributed by atoms with van der Waals surface area (Å²) in [4.78, 5) is 0. The lowest BCUT2D eigenvalue weighted by atomic mass is 10.0. The van der Waals surface area contributed by atoms with Crippen LogP contribution in [0.15, 0.2) is 0 Å². The molecule has 0 rings (SSSR count). The molecule has 0 aliphatic rings. The van der Waals surface area contributed by atoms with E-state index in [9.17, 15) is 22.7 Å². The molecule has 0 aromatic heterocycles. The Morgan fingerprint density at radius 1 is 1.22 bits per heavy atom. The third-order valence-corrected chi connectivity index (χ3v) is 2.56. The highest BCUT2D eigenvalue weighted by molar-refractivity contribution is 4.71. The Bertz CT molecular complexity index is 234. The third kappa shape index (κ3) is 7.13. The zero-order valence-corrected chi connectivity index (χ0v) is 10.8. The predicted molar refractivity (Wildman–Crippen MR) is 58.1 cm³/mol. The van der Waals surface area contributed by atoms with Crippen LogP contribution in [0.2, 0.25) is 0 Å². The molecular formula is C11H20F4O3. The Morgan fingerprint density at radius 2 is 1.78 bits per heavy atom. The van der Waals surface area contributed by atoms with E-state index in [0.29, 0.717) is 6.42 Å². The molecule has 1 atom stereocenters. The normalized spacial score (nSPS) is 15.2. The Hall–Kier alpha value is -0.400. The van der Waals surface area contributed by atoms with Crippen LogP contribution in [0.25, 0.3) is 0 Å². The molecule has 0 spiro atoms. The van der Waals surface area contributed by atoms with Gasteiger partial charge in [0, 0.05) is 7.11 Å². The minimum atomic E-state index is -4.18. The van der Waals surface area contributed by atoms with Gasteiger partial charge in [-0.15, -0.1) is 0 Å². The highest BCUT2D eigenvalue weighted by atomic mass is 19.3. The van der Waals surface area contributed by atoms with Crippen LogP contribution in [-0.2, 0) is 9.47 Å². The Kier molecular flexibility index (Phi) is 7.09. The zero-order valence-electron chi connectivity index (χ0n) is 10.8. The Labute approximate surface area is 104 Å². The number of methoxy groups -OCH3 is 1. The predicted octanol–water partition coefficient (Wildman–Crippen LogP) is 2.47. The van der Waals surface area contributed by atoms with Gasteiger partial charge in [-0.3, -0.25) is 0 Å². The standard InChI is InChI=1S/C11H20F4O3/c1-10(2,17-3)5-4-8(16)6-18-7-11(14,15)9(12)13/h8-9,16H,4-7H2,1-3H3. The van der Waals surface area contributed by atoms with E-state index in [1.54, 1.807) is 0 Å². The number of rotatable bonds is 9. The maximum atomic E-state index is 12.4. The van der Waals surface area contributed by atoms with Crippen LogP contribution in [0, 0.1) is 0 Å². The first-order valence-corrected chi connectivity index (χ1v) is 5.57. The second-order valence-electron chi connectivity index (χ2n) is 4.73. The minimum absolute atomic E-state index is 0.279. The number of hydrogen-bond donors (Lipinski definition) is 1. The third-order valence-electron chi connectivity index (χ3n) is 2.56. The van der Waals surface area contributed by atoms with Crippen molar-refractivity contribution in [2.45, 2.75) is 50.7 Å². The van der Waals surface area contributed by atoms with Crippen molar-refractivity contribution in [1.82, 2.24) is 0 Å². The van der Waals surface area contributed by atoms with Gasteiger partial charge in [0.2, 0.25) is 0 Å². The summed E-state index contributed by atoms with van der Waals surface area (Å²) in [5, 5.41) is 9.43. The molecule has 18 heavy (non-hydrogen) atoms. The monoisotopic (exact) mass is 276 g/mol. The fraction of sp³-hybridized carbons (Fsp3) is 1.00. The first-order chi connectivity index (χ1) is 8.10. The molecule has 0 amide bonds. The molecular weight excluding hydrogens is 256 g/mol. The highest BCUT2D eigenvalue weighted by Gasteiger charge is 2.41. The van der Waals surface area contributed by atoms with E-state index in [2.05, 4.69) is 4.74 Å². The van der Waals surface area contributed by atoms with Crippen molar-refractivity contribution >= 4 is 0 Å². The van der Waals surface area contributed by atoms with Crippen LogP contribution in [0.1, 0.15) is 26.7 Å². The van der Waals surface area contributed by atoms with E-state index in [-0.39, 0.29) is 6.42 Å². The van der Waals surface area contributed by atoms with Crippen molar-refractivity contribution in [2.24, 2.45) is 0 Å². The summed E-state index contributed by atoms with van der Waals surface area (Å²) in [7, 11) is 1.52. The second kappa shape index (κ2) is 7.25. The van der Waals surface area contributed by atoms with Gasteiger partial charge in [-0.2, -0.15) is 8.78 Å². The molecule has 0 aromatic rings. The van der Waals surface area contributed by atoms with E-state index in [0.717, 1.165) is 0 Å². The topological polar surface area (TPSA) is 38.7 Å². The summed E-state index contributed by atoms with van der Waals surface area (Å²) in [5.41, 5.74) is -0.437. The highest BCUT2D eigenvalue weighted by Crippen LogP contribution is 2.23. The second-order valence-corrected chi connectivity index (χ2v) is 4.73. The van der Waals surface area contributed by atoms with Gasteiger partial charge in [-0.05, 0) is 26.7 Å². The smallest absolute Gasteiger partial charge is 0.330 e. The fourth-order valence-electron chi connectivity index (χ4n) is 1.09. The number of aliphatic hydroxyl groups is 1. The lowest BCUT2D eigenvalue weighted by Crippen LogP contribution is -2.34. The van der Waals surface area contributed by atoms with Crippen molar-refractivity contribution in [3.63, 3.8) is 0 Å². The number of hydrogen-bond acceptors (Lipinski definition) is 3. The number of ether oxygens (including phenoxy) is 2. The number of halogens is 4. The van der Waals surface area contributed by atoms with Crippen LogP contribution in [0.3, 0.4) is 0 Å². The van der Waals surface area contributed by atoms with Crippen molar-refractivity contribution in [2.75, 3.05) is 20.3 Å². The van der Waals surface area contributed by atoms with Gasteiger partial charge in [0.05, 0.1) is 18.3 Å². The fourth-order valence-corrected chi connectivity index (χ4v) is 1.09. The van der Waals surface area contributed by atoms with Crippen molar-refractivity contribution in [1.29, 1.82) is 0 Å². The molecule has 0 aliphatic heterocycles. The molecule has 0 aliphatic carbocycles. The average molecular weight is 276 g/mol. The molecule has 0 fully saturated rings. The molecule has 0 saturated heterocycles. The summed E-state index contributed by atoms with van der Waals surface area (Å²) >= 11 is 0. The lowest BCUT2D eigenvalue weighted by molar-refractivity contribution is -0.171. The maximum absolute atomic E-state index is 12.4. The van der Waals surface area contributed by atoms with Gasteiger partial charge in [-0.25, -0.2) is 8.78 Å². The van der Waals surface area contributed by atoms with Crippen LogP contribution in [0.4, 0.5) is 17.6 Å². The minimum Gasteiger partial charge on any atom is -0.391 e. The molecule has 1 N–H and O–H groups in total. The van der Waals surface area contributed by atoms with Crippen LogP contribution in [0.5, 0.6) is 0 Å². The van der Waals surface area contributed by atoms with Gasteiger partial charge in [0.1, 0.15) is 6.61 Å². The summed E-state index contributed by atoms with van der Waals surface area (Å²) in [6, 6.07) is 0. The quantitative estimate of drug-likeness (QED) is 0.657. The molecule has 3 nitrogen and oxygen atoms in total. The largest absolute Gasteiger partial charge is 0.391 e. The van der Waals surface area contributed by atoms with Gasteiger partial charge in [0.25, 0.3) is 0 Å².